The van der Waals surface area contributed by atoms with Crippen molar-refractivity contribution in [2.45, 2.75) is 38.7 Å². The highest BCUT2D eigenvalue weighted by Gasteiger charge is 2.32. The summed E-state index contributed by atoms with van der Waals surface area (Å²) in [6.07, 6.45) is -1.59. The molecular weight excluding hydrogens is 703 g/mol. The van der Waals surface area contributed by atoms with Gasteiger partial charge < -0.3 is 24.3 Å². The van der Waals surface area contributed by atoms with Gasteiger partial charge in [-0.05, 0) is 66.6 Å². The van der Waals surface area contributed by atoms with Crippen molar-refractivity contribution < 1.29 is 36.3 Å². The number of alkyl halides is 3. The molecule has 0 bridgehead atoms. The molecule has 1 aliphatic heterocycles. The molecule has 4 aromatic rings. The minimum Gasteiger partial charge on any atom is -0.378 e. The molecule has 0 N–H and O–H groups in total. The van der Waals surface area contributed by atoms with Crippen LogP contribution in [0.15, 0.2) is 97.1 Å². The van der Waals surface area contributed by atoms with E-state index >= 15 is 0 Å². The molecule has 1 heterocycles. The van der Waals surface area contributed by atoms with Gasteiger partial charge in [-0.1, -0.05) is 66.7 Å². The molecular formula is C42H45F5N4O3. The molecule has 5 rings (SSSR count). The third-order valence-electron chi connectivity index (χ3n) is 9.53. The first-order valence-electron chi connectivity index (χ1n) is 17.8. The van der Waals surface area contributed by atoms with Crippen molar-refractivity contribution in [3.8, 4) is 0 Å². The van der Waals surface area contributed by atoms with E-state index in [4.69, 9.17) is 4.74 Å². The number of amides is 2. The highest BCUT2D eigenvalue weighted by atomic mass is 19.4. The zero-order chi connectivity index (χ0) is 38.8. The Labute approximate surface area is 313 Å². The number of likely N-dealkylation sites (N-methyl/N-ethyl adjacent to an activating group) is 2. The molecule has 0 aromatic heterocycles. The van der Waals surface area contributed by atoms with Crippen molar-refractivity contribution in [3.63, 3.8) is 0 Å². The molecule has 54 heavy (non-hydrogen) atoms. The lowest BCUT2D eigenvalue weighted by atomic mass is 10.0. The Balaban J connectivity index is 1.40. The number of halogens is 5. The van der Waals surface area contributed by atoms with Crippen molar-refractivity contribution in [2.24, 2.45) is 0 Å². The van der Waals surface area contributed by atoms with Crippen molar-refractivity contribution in [3.05, 3.63) is 142 Å². The van der Waals surface area contributed by atoms with Crippen LogP contribution >= 0.6 is 0 Å². The SMILES string of the molecule is Cc1ccc(CN(C)CCN(C)C(=O)[C@H](Cc2ccccc2)N(Cc2ccc(N3CCOCC3)cc2)C(=O)/C=C/c2ccc(C(F)(F)F)cc2)c(F)c1F. The minimum atomic E-state index is -4.49. The minimum absolute atomic E-state index is 0.0782. The molecule has 0 unspecified atom stereocenters. The topological polar surface area (TPSA) is 56.3 Å². The summed E-state index contributed by atoms with van der Waals surface area (Å²) in [4.78, 5) is 35.6. The van der Waals surface area contributed by atoms with Gasteiger partial charge in [-0.2, -0.15) is 13.2 Å². The maximum atomic E-state index is 14.6. The number of benzene rings is 4. The highest BCUT2D eigenvalue weighted by molar-refractivity contribution is 5.95. The molecule has 4 aromatic carbocycles. The molecule has 12 heteroatoms. The summed E-state index contributed by atoms with van der Waals surface area (Å²) in [7, 11) is 3.39. The summed E-state index contributed by atoms with van der Waals surface area (Å²) < 4.78 is 73.8. The van der Waals surface area contributed by atoms with Crippen LogP contribution in [0.4, 0.5) is 27.6 Å². The Hall–Kier alpha value is -5.07. The Kier molecular flexibility index (Phi) is 13.6. The number of ether oxygens (including phenoxy) is 1. The van der Waals surface area contributed by atoms with Crippen LogP contribution in [-0.4, -0.2) is 86.0 Å². The lowest BCUT2D eigenvalue weighted by molar-refractivity contribution is -0.143. The van der Waals surface area contributed by atoms with Gasteiger partial charge in [0.25, 0.3) is 0 Å². The van der Waals surface area contributed by atoms with Crippen molar-refractivity contribution >= 4 is 23.6 Å². The number of anilines is 1. The van der Waals surface area contributed by atoms with E-state index in [2.05, 4.69) is 4.90 Å². The van der Waals surface area contributed by atoms with Crippen LogP contribution < -0.4 is 4.90 Å². The van der Waals surface area contributed by atoms with Gasteiger partial charge in [0.2, 0.25) is 11.8 Å². The first-order valence-corrected chi connectivity index (χ1v) is 17.8. The van der Waals surface area contributed by atoms with Crippen molar-refractivity contribution in [2.75, 3.05) is 58.4 Å². The van der Waals surface area contributed by atoms with E-state index in [0.29, 0.717) is 25.3 Å². The monoisotopic (exact) mass is 748 g/mol. The van der Waals surface area contributed by atoms with Gasteiger partial charge in [-0.3, -0.25) is 9.59 Å². The third-order valence-corrected chi connectivity index (χ3v) is 9.53. The smallest absolute Gasteiger partial charge is 0.378 e. The molecule has 0 radical (unpaired) electrons. The van der Waals surface area contributed by atoms with E-state index in [1.807, 2.05) is 54.6 Å². The molecule has 1 saturated heterocycles. The zero-order valence-electron chi connectivity index (χ0n) is 30.7. The summed E-state index contributed by atoms with van der Waals surface area (Å²) in [5.74, 6) is -2.61. The summed E-state index contributed by atoms with van der Waals surface area (Å²) in [5.41, 5.74) is 2.63. The van der Waals surface area contributed by atoms with E-state index in [1.54, 1.807) is 25.1 Å². The molecule has 286 valence electrons. The number of aryl methyl sites for hydroxylation is 1. The zero-order valence-corrected chi connectivity index (χ0v) is 30.7. The number of nitrogens with zero attached hydrogens (tertiary/aromatic N) is 4. The van der Waals surface area contributed by atoms with Crippen LogP contribution in [-0.2, 0) is 40.0 Å². The predicted octanol–water partition coefficient (Wildman–Crippen LogP) is 7.37. The van der Waals surface area contributed by atoms with Crippen LogP contribution in [0, 0.1) is 18.6 Å². The molecule has 1 atom stereocenters. The summed E-state index contributed by atoms with van der Waals surface area (Å²) in [6.45, 7) is 5.03. The second kappa shape index (κ2) is 18.3. The van der Waals surface area contributed by atoms with Crippen LogP contribution in [0.1, 0.15) is 33.4 Å². The number of hydrogen-bond acceptors (Lipinski definition) is 5. The van der Waals surface area contributed by atoms with E-state index in [-0.39, 0.29) is 43.1 Å². The Morgan fingerprint density at radius 1 is 0.815 bits per heavy atom. The average Bonchev–Trinajstić information content (AvgIpc) is 3.18. The molecule has 0 spiro atoms. The van der Waals surface area contributed by atoms with E-state index < -0.39 is 35.3 Å². The maximum Gasteiger partial charge on any atom is 0.416 e. The average molecular weight is 749 g/mol. The number of carbonyl (C=O) groups is 2. The van der Waals surface area contributed by atoms with Crippen LogP contribution in [0.3, 0.4) is 0 Å². The fourth-order valence-electron chi connectivity index (χ4n) is 6.25. The Morgan fingerprint density at radius 3 is 2.13 bits per heavy atom. The second-order valence-electron chi connectivity index (χ2n) is 13.6. The van der Waals surface area contributed by atoms with Crippen LogP contribution in [0.5, 0.6) is 0 Å². The summed E-state index contributed by atoms with van der Waals surface area (Å²) >= 11 is 0. The predicted molar refractivity (Wildman–Crippen MR) is 200 cm³/mol. The molecule has 1 fully saturated rings. The fraction of sp³-hybridized carbons (Fsp3) is 0.333. The maximum absolute atomic E-state index is 14.6. The quantitative estimate of drug-likeness (QED) is 0.0997. The lowest BCUT2D eigenvalue weighted by Gasteiger charge is -2.34. The van der Waals surface area contributed by atoms with E-state index in [9.17, 15) is 31.5 Å². The van der Waals surface area contributed by atoms with Crippen molar-refractivity contribution in [1.82, 2.24) is 14.7 Å². The molecule has 0 aliphatic carbocycles. The van der Waals surface area contributed by atoms with Gasteiger partial charge in [-0.15, -0.1) is 0 Å². The van der Waals surface area contributed by atoms with E-state index in [1.165, 1.54) is 47.1 Å². The van der Waals surface area contributed by atoms with Gasteiger partial charge in [0.05, 0.1) is 18.8 Å². The third kappa shape index (κ3) is 10.8. The van der Waals surface area contributed by atoms with Gasteiger partial charge in [0.1, 0.15) is 6.04 Å². The van der Waals surface area contributed by atoms with Crippen molar-refractivity contribution in [1.29, 1.82) is 0 Å². The first kappa shape index (κ1) is 40.1. The number of rotatable bonds is 14. The number of carbonyl (C=O) groups excluding carboxylic acids is 2. The highest BCUT2D eigenvalue weighted by Crippen LogP contribution is 2.29. The second-order valence-corrected chi connectivity index (χ2v) is 13.6. The lowest BCUT2D eigenvalue weighted by Crippen LogP contribution is -2.51. The van der Waals surface area contributed by atoms with Gasteiger partial charge in [-0.25, -0.2) is 8.78 Å². The van der Waals surface area contributed by atoms with Gasteiger partial charge >= 0.3 is 6.18 Å². The number of hydrogen-bond donors (Lipinski definition) is 0. The molecule has 0 saturated carbocycles. The largest absolute Gasteiger partial charge is 0.416 e. The molecule has 2 amide bonds. The molecule has 1 aliphatic rings. The summed E-state index contributed by atoms with van der Waals surface area (Å²) in [6, 6.07) is 23.7. The number of morpholine rings is 1. The first-order chi connectivity index (χ1) is 25.8. The summed E-state index contributed by atoms with van der Waals surface area (Å²) in [5, 5.41) is 0. The fourth-order valence-corrected chi connectivity index (χ4v) is 6.25. The molecule has 7 nitrogen and oxygen atoms in total. The van der Waals surface area contributed by atoms with Crippen LogP contribution in [0.25, 0.3) is 6.08 Å². The van der Waals surface area contributed by atoms with Gasteiger partial charge in [0, 0.05) is 70.1 Å². The standard InChI is InChI=1S/C42H45F5N4O3/c1-30-9-15-34(40(44)39(30)43)29-48(2)21-22-49(3)41(53)37(27-32-7-5-4-6-8-32)51(28-33-12-18-36(19-13-33)50-23-25-54-26-24-50)38(52)20-14-31-10-16-35(17-11-31)42(45,46)47/h4-20,37H,21-29H2,1-3H3/b20-14+/t37-/m0/s1. The van der Waals surface area contributed by atoms with Gasteiger partial charge in [0.15, 0.2) is 11.6 Å². The van der Waals surface area contributed by atoms with E-state index in [0.717, 1.165) is 42.0 Å². The normalized spacial score (nSPS) is 14.1. The Morgan fingerprint density at radius 2 is 1.48 bits per heavy atom. The Bertz CT molecular complexity index is 1880. The van der Waals surface area contributed by atoms with Crippen LogP contribution in [0.2, 0.25) is 0 Å².